The third-order valence-electron chi connectivity index (χ3n) is 9.85. The predicted octanol–water partition coefficient (Wildman–Crippen LogP) is 5.38. The lowest BCUT2D eigenvalue weighted by molar-refractivity contribution is -0.135. The molecule has 0 aromatic rings. The van der Waals surface area contributed by atoms with E-state index in [4.69, 9.17) is 5.11 Å². The van der Waals surface area contributed by atoms with Crippen molar-refractivity contribution >= 4 is 12.3 Å². The number of hydrogen-bond acceptors (Lipinski definition) is 3. The second kappa shape index (κ2) is 7.18. The first-order chi connectivity index (χ1) is 13.3. The van der Waals surface area contributed by atoms with Crippen LogP contribution in [-0.2, 0) is 9.59 Å². The van der Waals surface area contributed by atoms with Crippen molar-refractivity contribution in [3.63, 3.8) is 0 Å². The van der Waals surface area contributed by atoms with E-state index < -0.39 is 17.6 Å². The Morgan fingerprint density at radius 1 is 0.929 bits per heavy atom. The monoisotopic (exact) mass is 388 g/mol. The molecule has 1 unspecified atom stereocenters. The van der Waals surface area contributed by atoms with Crippen molar-refractivity contribution in [2.24, 2.45) is 46.3 Å². The van der Waals surface area contributed by atoms with E-state index in [9.17, 15) is 14.7 Å². The highest BCUT2D eigenvalue weighted by atomic mass is 16.4. The minimum absolute atomic E-state index is 0.0832. The second-order valence-electron chi connectivity index (χ2n) is 10.7. The summed E-state index contributed by atoms with van der Waals surface area (Å²) in [6, 6.07) is 0. The molecule has 0 aromatic heterocycles. The Bertz CT molecular complexity index is 670. The molecule has 4 saturated carbocycles. The number of carboxylic acid groups (broad SMARTS) is 1. The Hall–Kier alpha value is -1.32. The van der Waals surface area contributed by atoms with Crippen LogP contribution in [0.3, 0.4) is 0 Å². The van der Waals surface area contributed by atoms with Crippen LogP contribution in [0.4, 0.5) is 0 Å². The SMILES string of the molecule is C[C@]12CC[C@H]3[C@@H](CCC4CCCC[C@@]43C)[C@@H]1CC[C@@H]2[C@H](C=O)C=C(O)C(=O)O. The molecule has 4 rings (SSSR count). The standard InChI is InChI=1S/C24H36O4/c1-23-11-4-3-5-16(23)6-7-17-19-9-8-18(24(19,2)12-10-20(17)23)15(14-25)13-21(26)22(27)28/h13-20,26H,3-12H2,1-2H3,(H,27,28)/t15-,16?,17-,18+,19-,20-,23-,24+/m0/s1. The molecule has 4 aliphatic carbocycles. The lowest BCUT2D eigenvalue weighted by Gasteiger charge is -2.60. The van der Waals surface area contributed by atoms with Gasteiger partial charge in [-0.1, -0.05) is 26.7 Å². The Morgan fingerprint density at radius 3 is 2.39 bits per heavy atom. The number of carbonyl (C=O) groups is 2. The molecule has 0 saturated heterocycles. The Labute approximate surface area is 168 Å². The Balaban J connectivity index is 1.59. The molecule has 0 aromatic carbocycles. The number of aliphatic carboxylic acids is 1. The topological polar surface area (TPSA) is 74.6 Å². The fraction of sp³-hybridized carbons (Fsp3) is 0.833. The summed E-state index contributed by atoms with van der Waals surface area (Å²) in [7, 11) is 0. The summed E-state index contributed by atoms with van der Waals surface area (Å²) in [4.78, 5) is 22.9. The number of allylic oxidation sites excluding steroid dienone is 1. The molecular formula is C24H36O4. The predicted molar refractivity (Wildman–Crippen MR) is 108 cm³/mol. The van der Waals surface area contributed by atoms with Gasteiger partial charge >= 0.3 is 5.97 Å². The number of aliphatic hydroxyl groups is 1. The quantitative estimate of drug-likeness (QED) is 0.385. The van der Waals surface area contributed by atoms with Gasteiger partial charge in [-0.05, 0) is 97.9 Å². The van der Waals surface area contributed by atoms with E-state index in [-0.39, 0.29) is 11.3 Å². The zero-order valence-corrected chi connectivity index (χ0v) is 17.4. The van der Waals surface area contributed by atoms with Crippen molar-refractivity contribution in [2.75, 3.05) is 0 Å². The van der Waals surface area contributed by atoms with Crippen LogP contribution < -0.4 is 0 Å². The van der Waals surface area contributed by atoms with Gasteiger partial charge in [-0.15, -0.1) is 0 Å². The normalized spacial score (nSPS) is 46.8. The average molecular weight is 389 g/mol. The summed E-state index contributed by atoms with van der Waals surface area (Å²) in [5.74, 6) is 0.736. The van der Waals surface area contributed by atoms with E-state index in [1.807, 2.05) is 0 Å². The summed E-state index contributed by atoms with van der Waals surface area (Å²) in [6.45, 7) is 4.92. The highest BCUT2D eigenvalue weighted by molar-refractivity contribution is 5.84. The van der Waals surface area contributed by atoms with Crippen molar-refractivity contribution in [2.45, 2.75) is 78.1 Å². The molecule has 4 fully saturated rings. The third kappa shape index (κ3) is 2.93. The fourth-order valence-corrected chi connectivity index (χ4v) is 8.47. The Morgan fingerprint density at radius 2 is 1.68 bits per heavy atom. The van der Waals surface area contributed by atoms with E-state index in [2.05, 4.69) is 13.8 Å². The summed E-state index contributed by atoms with van der Waals surface area (Å²) in [5.41, 5.74) is 0.589. The van der Waals surface area contributed by atoms with Crippen LogP contribution >= 0.6 is 0 Å². The van der Waals surface area contributed by atoms with Crippen molar-refractivity contribution in [1.29, 1.82) is 0 Å². The molecule has 2 N–H and O–H groups in total. The maximum Gasteiger partial charge on any atom is 0.370 e. The van der Waals surface area contributed by atoms with E-state index in [1.165, 1.54) is 51.0 Å². The molecule has 4 aliphatic rings. The molecule has 0 bridgehead atoms. The zero-order chi connectivity index (χ0) is 20.1. The highest BCUT2D eigenvalue weighted by Crippen LogP contribution is 2.68. The van der Waals surface area contributed by atoms with Crippen LogP contribution in [0.15, 0.2) is 11.8 Å². The van der Waals surface area contributed by atoms with Gasteiger partial charge in [-0.3, -0.25) is 0 Å². The van der Waals surface area contributed by atoms with Crippen LogP contribution in [0.5, 0.6) is 0 Å². The zero-order valence-electron chi connectivity index (χ0n) is 17.4. The first-order valence-corrected chi connectivity index (χ1v) is 11.4. The van der Waals surface area contributed by atoms with Gasteiger partial charge in [-0.25, -0.2) is 4.79 Å². The van der Waals surface area contributed by atoms with Crippen LogP contribution in [0.1, 0.15) is 78.1 Å². The van der Waals surface area contributed by atoms with Crippen LogP contribution in [0, 0.1) is 46.3 Å². The first-order valence-electron chi connectivity index (χ1n) is 11.4. The Kier molecular flexibility index (Phi) is 5.12. The number of hydrogen-bond donors (Lipinski definition) is 2. The van der Waals surface area contributed by atoms with Crippen molar-refractivity contribution < 1.29 is 19.8 Å². The number of rotatable bonds is 4. The maximum absolute atomic E-state index is 11.8. The summed E-state index contributed by atoms with van der Waals surface area (Å²) in [5, 5.41) is 18.7. The largest absolute Gasteiger partial charge is 0.502 e. The van der Waals surface area contributed by atoms with E-state index >= 15 is 0 Å². The lowest BCUT2D eigenvalue weighted by Crippen LogP contribution is -2.53. The molecule has 4 heteroatoms. The van der Waals surface area contributed by atoms with Gasteiger partial charge in [0.15, 0.2) is 5.76 Å². The average Bonchev–Trinajstić information content (AvgIpc) is 3.02. The lowest BCUT2D eigenvalue weighted by atomic mass is 9.44. The minimum Gasteiger partial charge on any atom is -0.502 e. The van der Waals surface area contributed by atoms with Crippen molar-refractivity contribution in [3.8, 4) is 0 Å². The van der Waals surface area contributed by atoms with Crippen molar-refractivity contribution in [1.82, 2.24) is 0 Å². The van der Waals surface area contributed by atoms with Crippen LogP contribution in [0.2, 0.25) is 0 Å². The van der Waals surface area contributed by atoms with Gasteiger partial charge in [-0.2, -0.15) is 0 Å². The maximum atomic E-state index is 11.8. The van der Waals surface area contributed by atoms with Gasteiger partial charge in [0.2, 0.25) is 0 Å². The van der Waals surface area contributed by atoms with E-state index in [0.717, 1.165) is 43.3 Å². The second-order valence-corrected chi connectivity index (χ2v) is 10.7. The van der Waals surface area contributed by atoms with Gasteiger partial charge in [0.1, 0.15) is 6.29 Å². The molecular weight excluding hydrogens is 352 g/mol. The van der Waals surface area contributed by atoms with Gasteiger partial charge in [0.05, 0.1) is 0 Å². The van der Waals surface area contributed by atoms with E-state index in [0.29, 0.717) is 11.3 Å². The smallest absolute Gasteiger partial charge is 0.370 e. The minimum atomic E-state index is -1.35. The molecule has 28 heavy (non-hydrogen) atoms. The summed E-state index contributed by atoms with van der Waals surface area (Å²) in [6.07, 6.45) is 14.9. The molecule has 0 heterocycles. The molecule has 0 amide bonds. The molecule has 8 atom stereocenters. The van der Waals surface area contributed by atoms with E-state index in [1.54, 1.807) is 0 Å². The molecule has 4 nitrogen and oxygen atoms in total. The number of aldehydes is 1. The molecule has 0 radical (unpaired) electrons. The number of carbonyl (C=O) groups excluding carboxylic acids is 1. The fourth-order valence-electron chi connectivity index (χ4n) is 8.47. The van der Waals surface area contributed by atoms with Gasteiger partial charge in [0, 0.05) is 5.92 Å². The van der Waals surface area contributed by atoms with Gasteiger partial charge in [0.25, 0.3) is 0 Å². The summed E-state index contributed by atoms with van der Waals surface area (Å²) < 4.78 is 0. The molecule has 0 aliphatic heterocycles. The van der Waals surface area contributed by atoms with Crippen molar-refractivity contribution in [3.05, 3.63) is 11.8 Å². The first kappa shape index (κ1) is 20.0. The highest BCUT2D eigenvalue weighted by Gasteiger charge is 2.60. The molecule has 156 valence electrons. The molecule has 0 spiro atoms. The number of aliphatic hydroxyl groups excluding tert-OH is 1. The summed E-state index contributed by atoms with van der Waals surface area (Å²) >= 11 is 0. The van der Waals surface area contributed by atoms with Crippen LogP contribution in [-0.4, -0.2) is 22.5 Å². The van der Waals surface area contributed by atoms with Crippen LogP contribution in [0.25, 0.3) is 0 Å². The van der Waals surface area contributed by atoms with Gasteiger partial charge < -0.3 is 15.0 Å². The third-order valence-corrected chi connectivity index (χ3v) is 9.85. The number of fused-ring (bicyclic) bond motifs is 5. The number of carboxylic acids is 1.